The number of hydrogen-bond acceptors (Lipinski definition) is 3. The molecule has 0 spiro atoms. The lowest BCUT2D eigenvalue weighted by Gasteiger charge is -2.30. The van der Waals surface area contributed by atoms with Gasteiger partial charge in [0.25, 0.3) is 0 Å². The molecule has 4 atom stereocenters. The SMILES string of the molecule is COC(=O)C1CC(F)C(S)CC1F. The molecule has 1 saturated carbocycles. The highest BCUT2D eigenvalue weighted by molar-refractivity contribution is 7.81. The van der Waals surface area contributed by atoms with Crippen molar-refractivity contribution >= 4 is 18.6 Å². The maximum atomic E-state index is 13.2. The number of rotatable bonds is 1. The molecule has 0 amide bonds. The van der Waals surface area contributed by atoms with Gasteiger partial charge in [-0.3, -0.25) is 4.79 Å². The first-order valence-electron chi connectivity index (χ1n) is 4.10. The largest absolute Gasteiger partial charge is 0.469 e. The zero-order valence-electron chi connectivity index (χ0n) is 7.24. The van der Waals surface area contributed by atoms with Gasteiger partial charge in [0.15, 0.2) is 0 Å². The second-order valence-electron chi connectivity index (χ2n) is 3.20. The third-order valence-corrected chi connectivity index (χ3v) is 2.84. The Hall–Kier alpha value is -0.320. The predicted octanol–water partition coefficient (Wildman–Crippen LogP) is 1.54. The molecule has 2 nitrogen and oxygen atoms in total. The zero-order chi connectivity index (χ0) is 10.0. The van der Waals surface area contributed by atoms with E-state index < -0.39 is 29.5 Å². The Morgan fingerprint density at radius 3 is 2.54 bits per heavy atom. The van der Waals surface area contributed by atoms with Crippen molar-refractivity contribution in [2.45, 2.75) is 30.4 Å². The molecular weight excluding hydrogens is 198 g/mol. The third-order valence-electron chi connectivity index (χ3n) is 2.30. The van der Waals surface area contributed by atoms with Crippen molar-refractivity contribution in [3.05, 3.63) is 0 Å². The molecule has 1 fully saturated rings. The summed E-state index contributed by atoms with van der Waals surface area (Å²) in [5.41, 5.74) is 0. The molecule has 1 aliphatic rings. The minimum Gasteiger partial charge on any atom is -0.469 e. The summed E-state index contributed by atoms with van der Waals surface area (Å²) in [4.78, 5) is 11.0. The van der Waals surface area contributed by atoms with Crippen LogP contribution in [0.1, 0.15) is 12.8 Å². The molecule has 4 unspecified atom stereocenters. The number of thiol groups is 1. The summed E-state index contributed by atoms with van der Waals surface area (Å²) in [6, 6.07) is 0. The van der Waals surface area contributed by atoms with Crippen LogP contribution < -0.4 is 0 Å². The van der Waals surface area contributed by atoms with E-state index in [9.17, 15) is 13.6 Å². The van der Waals surface area contributed by atoms with Gasteiger partial charge in [0.2, 0.25) is 0 Å². The Morgan fingerprint density at radius 1 is 1.38 bits per heavy atom. The van der Waals surface area contributed by atoms with E-state index in [1.165, 1.54) is 7.11 Å². The van der Waals surface area contributed by atoms with E-state index >= 15 is 0 Å². The summed E-state index contributed by atoms with van der Waals surface area (Å²) in [6.07, 6.45) is -2.70. The molecule has 0 aromatic rings. The summed E-state index contributed by atoms with van der Waals surface area (Å²) < 4.78 is 30.6. The van der Waals surface area contributed by atoms with Crippen molar-refractivity contribution in [3.63, 3.8) is 0 Å². The molecule has 5 heteroatoms. The molecule has 0 aromatic heterocycles. The average molecular weight is 210 g/mol. The Labute approximate surface area is 81.0 Å². The van der Waals surface area contributed by atoms with Crippen LogP contribution in [0.2, 0.25) is 0 Å². The number of alkyl halides is 2. The first-order valence-corrected chi connectivity index (χ1v) is 4.62. The van der Waals surface area contributed by atoms with E-state index in [1.807, 2.05) is 0 Å². The zero-order valence-corrected chi connectivity index (χ0v) is 8.14. The maximum absolute atomic E-state index is 13.2. The molecule has 0 saturated heterocycles. The van der Waals surface area contributed by atoms with Crippen LogP contribution in [-0.2, 0) is 9.53 Å². The Kier molecular flexibility index (Phi) is 3.53. The van der Waals surface area contributed by atoms with E-state index in [1.54, 1.807) is 0 Å². The number of carbonyl (C=O) groups is 1. The Morgan fingerprint density at radius 2 is 2.00 bits per heavy atom. The van der Waals surface area contributed by atoms with Crippen molar-refractivity contribution in [2.75, 3.05) is 7.11 Å². The van der Waals surface area contributed by atoms with Crippen LogP contribution in [0.25, 0.3) is 0 Å². The van der Waals surface area contributed by atoms with Gasteiger partial charge in [-0.05, 0) is 12.8 Å². The van der Waals surface area contributed by atoms with Crippen molar-refractivity contribution < 1.29 is 18.3 Å². The third kappa shape index (κ3) is 2.33. The fourth-order valence-corrected chi connectivity index (χ4v) is 1.81. The minimum absolute atomic E-state index is 0.0238. The van der Waals surface area contributed by atoms with Crippen molar-refractivity contribution in [1.82, 2.24) is 0 Å². The highest BCUT2D eigenvalue weighted by Gasteiger charge is 2.40. The van der Waals surface area contributed by atoms with Crippen molar-refractivity contribution in [3.8, 4) is 0 Å². The van der Waals surface area contributed by atoms with Gasteiger partial charge in [0, 0.05) is 5.25 Å². The molecule has 0 radical (unpaired) electrons. The fraction of sp³-hybridized carbons (Fsp3) is 0.875. The van der Waals surface area contributed by atoms with Gasteiger partial charge in [-0.15, -0.1) is 0 Å². The van der Waals surface area contributed by atoms with Gasteiger partial charge >= 0.3 is 5.97 Å². The molecule has 0 bridgehead atoms. The average Bonchev–Trinajstić information content (AvgIpc) is 2.10. The predicted molar refractivity (Wildman–Crippen MR) is 47.3 cm³/mol. The van der Waals surface area contributed by atoms with Gasteiger partial charge in [0.1, 0.15) is 12.3 Å². The van der Waals surface area contributed by atoms with Crippen LogP contribution in [0.5, 0.6) is 0 Å². The van der Waals surface area contributed by atoms with E-state index in [2.05, 4.69) is 17.4 Å². The number of methoxy groups -OCH3 is 1. The van der Waals surface area contributed by atoms with Crippen LogP contribution in [0, 0.1) is 5.92 Å². The molecule has 76 valence electrons. The maximum Gasteiger partial charge on any atom is 0.311 e. The lowest BCUT2D eigenvalue weighted by Crippen LogP contribution is -2.39. The van der Waals surface area contributed by atoms with E-state index in [0.717, 1.165) is 0 Å². The van der Waals surface area contributed by atoms with E-state index in [4.69, 9.17) is 0 Å². The summed E-state index contributed by atoms with van der Waals surface area (Å²) in [5, 5.41) is -0.601. The van der Waals surface area contributed by atoms with Gasteiger partial charge in [-0.2, -0.15) is 12.6 Å². The standard InChI is InChI=1S/C8H12F2O2S/c1-12-8(11)4-2-6(10)7(13)3-5(4)9/h4-7,13H,2-3H2,1H3. The lowest BCUT2D eigenvalue weighted by atomic mass is 9.86. The number of ether oxygens (including phenoxy) is 1. The van der Waals surface area contributed by atoms with Crippen LogP contribution in [0.15, 0.2) is 0 Å². The first kappa shape index (κ1) is 10.8. The number of carbonyl (C=O) groups excluding carboxylic acids is 1. The Bertz CT molecular complexity index is 201. The van der Waals surface area contributed by atoms with Crippen LogP contribution >= 0.6 is 12.6 Å². The molecule has 0 aliphatic heterocycles. The molecular formula is C8H12F2O2S. The van der Waals surface area contributed by atoms with Gasteiger partial charge in [-0.25, -0.2) is 8.78 Å². The first-order chi connectivity index (χ1) is 6.06. The summed E-state index contributed by atoms with van der Waals surface area (Å²) >= 11 is 3.89. The monoisotopic (exact) mass is 210 g/mol. The smallest absolute Gasteiger partial charge is 0.311 e. The molecule has 0 heterocycles. The van der Waals surface area contributed by atoms with Crippen LogP contribution in [-0.4, -0.2) is 30.7 Å². The molecule has 1 aliphatic carbocycles. The number of esters is 1. The molecule has 0 N–H and O–H groups in total. The van der Waals surface area contributed by atoms with Gasteiger partial charge in [0.05, 0.1) is 13.0 Å². The highest BCUT2D eigenvalue weighted by Crippen LogP contribution is 2.32. The van der Waals surface area contributed by atoms with Crippen LogP contribution in [0.3, 0.4) is 0 Å². The summed E-state index contributed by atoms with van der Waals surface area (Å²) in [6.45, 7) is 0. The van der Waals surface area contributed by atoms with Crippen molar-refractivity contribution in [2.24, 2.45) is 5.92 Å². The summed E-state index contributed by atoms with van der Waals surface area (Å²) in [7, 11) is 1.18. The highest BCUT2D eigenvalue weighted by atomic mass is 32.1. The number of hydrogen-bond donors (Lipinski definition) is 1. The normalized spacial score (nSPS) is 40.0. The molecule has 13 heavy (non-hydrogen) atoms. The fourth-order valence-electron chi connectivity index (χ4n) is 1.49. The van der Waals surface area contributed by atoms with Gasteiger partial charge < -0.3 is 4.74 Å². The quantitative estimate of drug-likeness (QED) is 0.525. The topological polar surface area (TPSA) is 26.3 Å². The number of halogens is 2. The van der Waals surface area contributed by atoms with Crippen LogP contribution in [0.4, 0.5) is 8.78 Å². The molecule has 0 aromatic carbocycles. The second kappa shape index (κ2) is 4.26. The minimum atomic E-state index is -1.33. The van der Waals surface area contributed by atoms with Gasteiger partial charge in [-0.1, -0.05) is 0 Å². The van der Waals surface area contributed by atoms with Crippen molar-refractivity contribution in [1.29, 1.82) is 0 Å². The molecule has 1 rings (SSSR count). The summed E-state index contributed by atoms with van der Waals surface area (Å²) in [5.74, 6) is -1.63. The lowest BCUT2D eigenvalue weighted by molar-refractivity contribution is -0.150. The van der Waals surface area contributed by atoms with E-state index in [0.29, 0.717) is 0 Å². The van der Waals surface area contributed by atoms with E-state index in [-0.39, 0.29) is 12.8 Å². The Balaban J connectivity index is 2.61. The second-order valence-corrected chi connectivity index (χ2v) is 3.86.